The third-order valence-corrected chi connectivity index (χ3v) is 2.85. The smallest absolute Gasteiger partial charge is 0.159 e. The lowest BCUT2D eigenvalue weighted by Gasteiger charge is -2.10. The number of aliphatic hydroxyl groups excluding tert-OH is 1. The number of benzene rings is 1. The summed E-state index contributed by atoms with van der Waals surface area (Å²) >= 11 is 0. The Morgan fingerprint density at radius 3 is 2.47 bits per heavy atom. The van der Waals surface area contributed by atoms with Gasteiger partial charge in [0.1, 0.15) is 0 Å². The number of aromatic nitrogens is 2. The molecule has 88 valence electrons. The minimum absolute atomic E-state index is 0.527. The number of hydrogen-bond donors (Lipinski definition) is 1. The van der Waals surface area contributed by atoms with E-state index in [4.69, 9.17) is 0 Å². The largest absolute Gasteiger partial charge is 0.389 e. The van der Waals surface area contributed by atoms with Gasteiger partial charge in [-0.05, 0) is 26.3 Å². The molecule has 0 aliphatic carbocycles. The Kier molecular flexibility index (Phi) is 3.20. The molecular weight excluding hydrogens is 212 g/mol. The van der Waals surface area contributed by atoms with Gasteiger partial charge in [-0.15, -0.1) is 0 Å². The van der Waals surface area contributed by atoms with E-state index in [9.17, 15) is 5.11 Å². The van der Waals surface area contributed by atoms with E-state index in [1.165, 1.54) is 0 Å². The summed E-state index contributed by atoms with van der Waals surface area (Å²) in [6.45, 7) is 5.65. The Hall–Kier alpha value is -1.74. The van der Waals surface area contributed by atoms with Crippen LogP contribution in [-0.2, 0) is 0 Å². The van der Waals surface area contributed by atoms with E-state index in [-0.39, 0.29) is 0 Å². The normalized spacial score (nSPS) is 12.5. The molecule has 0 saturated heterocycles. The van der Waals surface area contributed by atoms with E-state index in [0.717, 1.165) is 22.4 Å². The van der Waals surface area contributed by atoms with Gasteiger partial charge in [-0.1, -0.05) is 24.3 Å². The van der Waals surface area contributed by atoms with Crippen LogP contribution in [0.4, 0.5) is 0 Å². The van der Waals surface area contributed by atoms with Gasteiger partial charge in [0, 0.05) is 23.0 Å². The van der Waals surface area contributed by atoms with Gasteiger partial charge in [0.15, 0.2) is 5.82 Å². The molecule has 0 aliphatic heterocycles. The number of hydrogen-bond acceptors (Lipinski definition) is 3. The molecule has 0 aliphatic rings. The highest BCUT2D eigenvalue weighted by Gasteiger charge is 2.10. The quantitative estimate of drug-likeness (QED) is 0.859. The Morgan fingerprint density at radius 2 is 1.88 bits per heavy atom. The fourth-order valence-electron chi connectivity index (χ4n) is 1.84. The van der Waals surface area contributed by atoms with Crippen molar-refractivity contribution >= 4 is 0 Å². The van der Waals surface area contributed by atoms with Crippen molar-refractivity contribution in [3.8, 4) is 11.4 Å². The lowest BCUT2D eigenvalue weighted by atomic mass is 10.1. The third-order valence-electron chi connectivity index (χ3n) is 2.85. The van der Waals surface area contributed by atoms with Crippen molar-refractivity contribution in [2.45, 2.75) is 26.9 Å². The van der Waals surface area contributed by atoms with Crippen molar-refractivity contribution in [1.29, 1.82) is 0 Å². The van der Waals surface area contributed by atoms with Crippen LogP contribution in [0.25, 0.3) is 11.4 Å². The molecule has 0 amide bonds. The summed E-state index contributed by atoms with van der Waals surface area (Å²) in [6.07, 6.45) is 1.18. The average molecular weight is 228 g/mol. The first kappa shape index (κ1) is 11.7. The Balaban J connectivity index is 2.49. The summed E-state index contributed by atoms with van der Waals surface area (Å²) in [5.41, 5.74) is 3.79. The Labute approximate surface area is 101 Å². The molecule has 0 saturated carbocycles. The van der Waals surface area contributed by atoms with E-state index in [1.54, 1.807) is 13.1 Å². The number of aliphatic hydroxyl groups is 1. The molecule has 17 heavy (non-hydrogen) atoms. The highest BCUT2D eigenvalue weighted by molar-refractivity contribution is 5.59. The lowest BCUT2D eigenvalue weighted by Crippen LogP contribution is -2.01. The van der Waals surface area contributed by atoms with Crippen molar-refractivity contribution in [3.63, 3.8) is 0 Å². The molecule has 0 spiro atoms. The summed E-state index contributed by atoms with van der Waals surface area (Å²) in [4.78, 5) is 8.78. The molecular formula is C14H16N2O. The minimum Gasteiger partial charge on any atom is -0.389 e. The van der Waals surface area contributed by atoms with Gasteiger partial charge in [0.2, 0.25) is 0 Å². The number of nitrogens with zero attached hydrogens (tertiary/aromatic N) is 2. The molecule has 0 bridgehead atoms. The second kappa shape index (κ2) is 4.63. The maximum absolute atomic E-state index is 9.54. The van der Waals surface area contributed by atoms with Crippen LogP contribution in [-0.4, -0.2) is 15.1 Å². The highest BCUT2D eigenvalue weighted by Crippen LogP contribution is 2.22. The van der Waals surface area contributed by atoms with Gasteiger partial charge >= 0.3 is 0 Å². The Bertz CT molecular complexity index is 535. The topological polar surface area (TPSA) is 46.0 Å². The molecule has 1 atom stereocenters. The molecule has 0 fully saturated rings. The maximum Gasteiger partial charge on any atom is 0.159 e. The van der Waals surface area contributed by atoms with Crippen LogP contribution in [0.2, 0.25) is 0 Å². The second-order valence-corrected chi connectivity index (χ2v) is 4.23. The molecule has 0 radical (unpaired) electrons. The number of aryl methyl sites for hydroxylation is 2. The van der Waals surface area contributed by atoms with Gasteiger partial charge in [-0.3, -0.25) is 0 Å². The van der Waals surface area contributed by atoms with Crippen molar-refractivity contribution in [1.82, 2.24) is 9.97 Å². The fourth-order valence-corrected chi connectivity index (χ4v) is 1.84. The highest BCUT2D eigenvalue weighted by atomic mass is 16.3. The van der Waals surface area contributed by atoms with E-state index in [1.807, 2.05) is 38.1 Å². The minimum atomic E-state index is -0.527. The molecule has 3 heteroatoms. The van der Waals surface area contributed by atoms with Crippen LogP contribution >= 0.6 is 0 Å². The average Bonchev–Trinajstić information content (AvgIpc) is 2.29. The molecule has 2 rings (SSSR count). The SMILES string of the molecule is Cc1ccccc1-c1ncc([C@@H](C)O)c(C)n1. The second-order valence-electron chi connectivity index (χ2n) is 4.23. The summed E-state index contributed by atoms with van der Waals surface area (Å²) in [7, 11) is 0. The fraction of sp³-hybridized carbons (Fsp3) is 0.286. The molecule has 0 unspecified atom stereocenters. The zero-order chi connectivity index (χ0) is 12.4. The first-order chi connectivity index (χ1) is 8.09. The van der Waals surface area contributed by atoms with E-state index in [0.29, 0.717) is 5.82 Å². The van der Waals surface area contributed by atoms with Crippen molar-refractivity contribution in [3.05, 3.63) is 47.3 Å². The van der Waals surface area contributed by atoms with Crippen LogP contribution in [0.3, 0.4) is 0 Å². The molecule has 3 nitrogen and oxygen atoms in total. The Morgan fingerprint density at radius 1 is 1.18 bits per heavy atom. The summed E-state index contributed by atoms with van der Waals surface area (Å²) in [5.74, 6) is 0.713. The molecule has 1 aromatic heterocycles. The van der Waals surface area contributed by atoms with Gasteiger partial charge in [-0.25, -0.2) is 9.97 Å². The van der Waals surface area contributed by atoms with Crippen LogP contribution < -0.4 is 0 Å². The predicted molar refractivity (Wildman–Crippen MR) is 67.6 cm³/mol. The third kappa shape index (κ3) is 2.34. The lowest BCUT2D eigenvalue weighted by molar-refractivity contribution is 0.197. The maximum atomic E-state index is 9.54. The zero-order valence-corrected chi connectivity index (χ0v) is 10.3. The first-order valence-corrected chi connectivity index (χ1v) is 5.67. The van der Waals surface area contributed by atoms with E-state index < -0.39 is 6.10 Å². The molecule has 1 N–H and O–H groups in total. The van der Waals surface area contributed by atoms with Gasteiger partial charge in [-0.2, -0.15) is 0 Å². The summed E-state index contributed by atoms with van der Waals surface area (Å²) in [5, 5.41) is 9.54. The summed E-state index contributed by atoms with van der Waals surface area (Å²) < 4.78 is 0. The van der Waals surface area contributed by atoms with Crippen LogP contribution in [0, 0.1) is 13.8 Å². The van der Waals surface area contributed by atoms with E-state index >= 15 is 0 Å². The zero-order valence-electron chi connectivity index (χ0n) is 10.3. The van der Waals surface area contributed by atoms with Crippen LogP contribution in [0.5, 0.6) is 0 Å². The van der Waals surface area contributed by atoms with Crippen LogP contribution in [0.15, 0.2) is 30.5 Å². The van der Waals surface area contributed by atoms with Crippen molar-refractivity contribution < 1.29 is 5.11 Å². The predicted octanol–water partition coefficient (Wildman–Crippen LogP) is 2.81. The standard InChI is InChI=1S/C14H16N2O/c1-9-6-4-5-7-12(9)14-15-8-13(11(3)17)10(2)16-14/h4-8,11,17H,1-3H3/t11-/m1/s1. The van der Waals surface area contributed by atoms with Crippen molar-refractivity contribution in [2.24, 2.45) is 0 Å². The molecule has 1 heterocycles. The van der Waals surface area contributed by atoms with Crippen LogP contribution in [0.1, 0.15) is 29.8 Å². The van der Waals surface area contributed by atoms with E-state index in [2.05, 4.69) is 9.97 Å². The molecule has 1 aromatic carbocycles. The molecule has 2 aromatic rings. The van der Waals surface area contributed by atoms with Gasteiger partial charge in [0.05, 0.1) is 6.10 Å². The number of rotatable bonds is 2. The van der Waals surface area contributed by atoms with Crippen molar-refractivity contribution in [2.75, 3.05) is 0 Å². The van der Waals surface area contributed by atoms with Gasteiger partial charge in [0.25, 0.3) is 0 Å². The first-order valence-electron chi connectivity index (χ1n) is 5.67. The van der Waals surface area contributed by atoms with Gasteiger partial charge < -0.3 is 5.11 Å². The monoisotopic (exact) mass is 228 g/mol. The summed E-state index contributed by atoms with van der Waals surface area (Å²) in [6, 6.07) is 8.02.